The number of carbonyl (C=O) groups excluding carboxylic acids is 4. The van der Waals surface area contributed by atoms with E-state index in [4.69, 9.17) is 0 Å². The summed E-state index contributed by atoms with van der Waals surface area (Å²) in [5, 5.41) is 0. The second kappa shape index (κ2) is 9.83. The van der Waals surface area contributed by atoms with Gasteiger partial charge in [-0.1, -0.05) is 39.8 Å². The van der Waals surface area contributed by atoms with Gasteiger partial charge in [0.1, 0.15) is 11.6 Å². The fraction of sp³-hybridized carbons (Fsp3) is 0.789. The largest absolute Gasteiger partial charge is 0.299 e. The highest BCUT2D eigenvalue weighted by atomic mass is 16.1. The van der Waals surface area contributed by atoms with Gasteiger partial charge in [0, 0.05) is 36.5 Å². The molecule has 0 saturated heterocycles. The molecule has 0 aromatic carbocycles. The highest BCUT2D eigenvalue weighted by molar-refractivity contribution is 5.91. The molecule has 4 heteroatoms. The van der Waals surface area contributed by atoms with Crippen molar-refractivity contribution in [2.75, 3.05) is 0 Å². The van der Waals surface area contributed by atoms with E-state index >= 15 is 0 Å². The number of hydrogen-bond donors (Lipinski definition) is 0. The summed E-state index contributed by atoms with van der Waals surface area (Å²) in [6.45, 7) is 9.24. The molecule has 8 aliphatic rings. The van der Waals surface area contributed by atoms with Crippen LogP contribution in [0.1, 0.15) is 118 Å². The van der Waals surface area contributed by atoms with Crippen LogP contribution in [-0.4, -0.2) is 23.1 Å². The Hall–Kier alpha value is -1.84. The molecular formula is C38H52O4. The first kappa shape index (κ1) is 28.9. The molecule has 0 spiro atoms. The highest BCUT2D eigenvalue weighted by Gasteiger charge is 2.61. The van der Waals surface area contributed by atoms with Gasteiger partial charge in [0.15, 0.2) is 11.6 Å². The molecule has 8 aliphatic carbocycles. The lowest BCUT2D eigenvalue weighted by Crippen LogP contribution is -2.52. The van der Waals surface area contributed by atoms with Crippen LogP contribution in [-0.2, 0) is 19.2 Å². The second-order valence-corrected chi connectivity index (χ2v) is 16.9. The fourth-order valence-electron chi connectivity index (χ4n) is 12.8. The molecule has 0 aromatic rings. The van der Waals surface area contributed by atoms with Crippen LogP contribution in [0.15, 0.2) is 24.3 Å². The zero-order valence-corrected chi connectivity index (χ0v) is 26.5. The van der Waals surface area contributed by atoms with Crippen LogP contribution in [0.3, 0.4) is 0 Å². The molecule has 0 radical (unpaired) electrons. The lowest BCUT2D eigenvalue weighted by Gasteiger charge is -2.57. The van der Waals surface area contributed by atoms with Gasteiger partial charge in [-0.3, -0.25) is 19.2 Å². The number of Topliss-reactive ketones (excluding diaryl/α,β-unsaturated/α-hetero) is 2. The zero-order chi connectivity index (χ0) is 29.7. The summed E-state index contributed by atoms with van der Waals surface area (Å²) in [5.41, 5.74) is 0.338. The molecule has 4 nitrogen and oxygen atoms in total. The summed E-state index contributed by atoms with van der Waals surface area (Å²) in [4.78, 5) is 48.2. The lowest BCUT2D eigenvalue weighted by atomic mass is 9.46. The van der Waals surface area contributed by atoms with E-state index in [9.17, 15) is 19.2 Å². The van der Waals surface area contributed by atoms with Crippen LogP contribution < -0.4 is 0 Å². The molecule has 0 bridgehead atoms. The molecule has 0 aliphatic heterocycles. The molecule has 8 rings (SSSR count). The Bertz CT molecular complexity index is 1160. The predicted molar refractivity (Wildman–Crippen MR) is 163 cm³/mol. The van der Waals surface area contributed by atoms with Gasteiger partial charge >= 0.3 is 0 Å². The van der Waals surface area contributed by atoms with Gasteiger partial charge in [-0.05, 0) is 135 Å². The predicted octanol–water partition coefficient (Wildman–Crippen LogP) is 7.89. The van der Waals surface area contributed by atoms with Crippen LogP contribution in [0.2, 0.25) is 0 Å². The maximum absolute atomic E-state index is 12.4. The van der Waals surface area contributed by atoms with Crippen LogP contribution in [0.4, 0.5) is 0 Å². The average Bonchev–Trinajstić information content (AvgIpc) is 3.44. The van der Waals surface area contributed by atoms with Crippen LogP contribution in [0.25, 0.3) is 0 Å². The maximum Gasteiger partial charge on any atom is 0.155 e. The quantitative estimate of drug-likeness (QED) is 0.296. The topological polar surface area (TPSA) is 68.3 Å². The summed E-state index contributed by atoms with van der Waals surface area (Å²) in [6.07, 6.45) is 22.8. The number of fused-ring (bicyclic) bond motifs is 10. The number of allylic oxidation sites excluding steroid dienone is 4. The van der Waals surface area contributed by atoms with Crippen molar-refractivity contribution in [1.29, 1.82) is 0 Å². The van der Waals surface area contributed by atoms with Crippen molar-refractivity contribution in [3.05, 3.63) is 24.3 Å². The third kappa shape index (κ3) is 4.04. The minimum absolute atomic E-state index is 0.0292. The number of carbonyl (C=O) groups is 4. The highest BCUT2D eigenvalue weighted by Crippen LogP contribution is 2.65. The smallest absolute Gasteiger partial charge is 0.155 e. The van der Waals surface area contributed by atoms with Gasteiger partial charge in [0.05, 0.1) is 0 Å². The third-order valence-electron chi connectivity index (χ3n) is 15.5. The van der Waals surface area contributed by atoms with E-state index in [1.54, 1.807) is 0 Å². The van der Waals surface area contributed by atoms with Crippen LogP contribution in [0.5, 0.6) is 0 Å². The van der Waals surface area contributed by atoms with E-state index < -0.39 is 0 Å². The average molecular weight is 573 g/mol. The summed E-state index contributed by atoms with van der Waals surface area (Å²) in [5.74, 6) is 6.73. The summed E-state index contributed by atoms with van der Waals surface area (Å²) >= 11 is 0. The van der Waals surface area contributed by atoms with Gasteiger partial charge in [-0.15, -0.1) is 0 Å². The molecule has 0 amide bonds. The van der Waals surface area contributed by atoms with E-state index in [0.717, 1.165) is 51.4 Å². The Labute approximate surface area is 252 Å². The molecule has 0 N–H and O–H groups in total. The van der Waals surface area contributed by atoms with Crippen molar-refractivity contribution in [3.63, 3.8) is 0 Å². The normalized spacial score (nSPS) is 52.3. The summed E-state index contributed by atoms with van der Waals surface area (Å²) in [7, 11) is 0. The van der Waals surface area contributed by atoms with Crippen molar-refractivity contribution in [2.24, 2.45) is 69.0 Å². The summed E-state index contributed by atoms with van der Waals surface area (Å²) < 4.78 is 0. The summed E-state index contributed by atoms with van der Waals surface area (Å²) in [6, 6.07) is 0. The molecule has 12 atom stereocenters. The molecule has 228 valence electrons. The number of hydrogen-bond acceptors (Lipinski definition) is 4. The zero-order valence-electron chi connectivity index (χ0n) is 26.5. The standard InChI is InChI=1S/2C19H26O2/c2*1-18-9-7-13(20)11-12(18)3-4-14-15-5-6-17(21)19(15,2)10-8-16(14)18/h2*7,9,12,14-16H,3-6,8,10-11H2,1-2H3/t12?,14-,15-,16-,18-,19-;12-,14-,15-,16-,18-,19-/m00/s1. The molecule has 1 unspecified atom stereocenters. The van der Waals surface area contributed by atoms with Crippen LogP contribution in [0, 0.1) is 69.0 Å². The molecule has 0 heterocycles. The van der Waals surface area contributed by atoms with Gasteiger partial charge in [-0.2, -0.15) is 0 Å². The minimum atomic E-state index is -0.0292. The maximum atomic E-state index is 12.4. The van der Waals surface area contributed by atoms with Gasteiger partial charge < -0.3 is 0 Å². The first-order valence-corrected chi connectivity index (χ1v) is 17.4. The number of rotatable bonds is 0. The van der Waals surface area contributed by atoms with Gasteiger partial charge in [-0.25, -0.2) is 0 Å². The lowest BCUT2D eigenvalue weighted by molar-refractivity contribution is -0.136. The number of ketones is 4. The first-order valence-electron chi connectivity index (χ1n) is 17.4. The van der Waals surface area contributed by atoms with Crippen molar-refractivity contribution >= 4 is 23.1 Å². The third-order valence-corrected chi connectivity index (χ3v) is 15.5. The Balaban J connectivity index is 0.000000137. The monoisotopic (exact) mass is 572 g/mol. The Morgan fingerprint density at radius 2 is 0.929 bits per heavy atom. The minimum Gasteiger partial charge on any atom is -0.299 e. The van der Waals surface area contributed by atoms with Crippen LogP contribution >= 0.6 is 0 Å². The van der Waals surface area contributed by atoms with Crippen molar-refractivity contribution in [3.8, 4) is 0 Å². The second-order valence-electron chi connectivity index (χ2n) is 16.9. The van der Waals surface area contributed by atoms with E-state index in [1.807, 2.05) is 12.2 Å². The van der Waals surface area contributed by atoms with Gasteiger partial charge in [0.25, 0.3) is 0 Å². The molecule has 6 fully saturated rings. The molecule has 6 saturated carbocycles. The Morgan fingerprint density at radius 3 is 1.33 bits per heavy atom. The van der Waals surface area contributed by atoms with E-state index in [0.29, 0.717) is 70.5 Å². The van der Waals surface area contributed by atoms with E-state index in [2.05, 4.69) is 39.8 Å². The van der Waals surface area contributed by atoms with Crippen molar-refractivity contribution in [2.45, 2.75) is 118 Å². The van der Waals surface area contributed by atoms with E-state index in [-0.39, 0.29) is 21.7 Å². The van der Waals surface area contributed by atoms with Crippen molar-refractivity contribution in [1.82, 2.24) is 0 Å². The molecule has 42 heavy (non-hydrogen) atoms. The Kier molecular flexibility index (Phi) is 6.77. The van der Waals surface area contributed by atoms with E-state index in [1.165, 1.54) is 38.5 Å². The first-order chi connectivity index (χ1) is 19.9. The van der Waals surface area contributed by atoms with Crippen molar-refractivity contribution < 1.29 is 19.2 Å². The van der Waals surface area contributed by atoms with Gasteiger partial charge in [0.2, 0.25) is 0 Å². The Morgan fingerprint density at radius 1 is 0.524 bits per heavy atom. The SMILES string of the molecule is C[C@]12C=CC(=O)CC1CC[C@@H]1[C@@H]2CC[C@]2(C)C(=O)CC[C@@H]12.C[C@]12C=CC(=O)C[C@@H]1CC[C@@H]1[C@@H]2CC[C@]2(C)C(=O)CC[C@@H]12. The fourth-order valence-corrected chi connectivity index (χ4v) is 12.8. The molecule has 0 aromatic heterocycles. The molecular weight excluding hydrogens is 520 g/mol.